The number of barbiturate groups is 1. The highest BCUT2D eigenvalue weighted by molar-refractivity contribution is 6.42. The van der Waals surface area contributed by atoms with Gasteiger partial charge in [-0.2, -0.15) is 0 Å². The van der Waals surface area contributed by atoms with Crippen LogP contribution in [0.1, 0.15) is 29.2 Å². The van der Waals surface area contributed by atoms with Crippen LogP contribution in [0, 0.1) is 13.8 Å². The topological polar surface area (TPSA) is 84.9 Å². The third kappa shape index (κ3) is 5.26. The van der Waals surface area contributed by atoms with Crippen LogP contribution < -0.4 is 19.7 Å². The molecule has 8 heteroatoms. The molecule has 1 heterocycles. The first-order valence-corrected chi connectivity index (χ1v) is 11.8. The van der Waals surface area contributed by atoms with Gasteiger partial charge in [-0.1, -0.05) is 48.0 Å². The molecule has 3 aromatic rings. The van der Waals surface area contributed by atoms with E-state index < -0.39 is 17.8 Å². The van der Waals surface area contributed by atoms with Crippen molar-refractivity contribution in [2.24, 2.45) is 0 Å². The zero-order valence-corrected chi connectivity index (χ0v) is 20.9. The third-order valence-corrected chi connectivity index (χ3v) is 6.06. The summed E-state index contributed by atoms with van der Waals surface area (Å²) in [6.45, 7) is 6.71. The Morgan fingerprint density at radius 2 is 1.69 bits per heavy atom. The van der Waals surface area contributed by atoms with Gasteiger partial charge in [0.25, 0.3) is 11.8 Å². The molecule has 0 bridgehead atoms. The van der Waals surface area contributed by atoms with Crippen molar-refractivity contribution in [1.82, 2.24) is 5.32 Å². The van der Waals surface area contributed by atoms with Gasteiger partial charge in [-0.15, -0.1) is 0 Å². The molecule has 0 unspecified atom stereocenters. The van der Waals surface area contributed by atoms with Crippen molar-refractivity contribution in [3.05, 3.63) is 93.5 Å². The number of rotatable bonds is 7. The minimum Gasteiger partial charge on any atom is -0.490 e. The molecule has 1 fully saturated rings. The summed E-state index contributed by atoms with van der Waals surface area (Å²) >= 11 is 6.19. The maximum atomic E-state index is 13.2. The first-order valence-electron chi connectivity index (χ1n) is 11.4. The number of carbonyl (C=O) groups excluding carboxylic acids is 3. The Bertz CT molecular complexity index is 1380. The van der Waals surface area contributed by atoms with Crippen molar-refractivity contribution in [1.29, 1.82) is 0 Å². The maximum Gasteiger partial charge on any atom is 0.335 e. The first kappa shape index (κ1) is 25.0. The zero-order valence-electron chi connectivity index (χ0n) is 20.1. The lowest BCUT2D eigenvalue weighted by Gasteiger charge is -2.27. The molecule has 0 radical (unpaired) electrons. The number of aryl methyl sites for hydroxylation is 2. The second-order valence-corrected chi connectivity index (χ2v) is 8.66. The van der Waals surface area contributed by atoms with Crippen molar-refractivity contribution in [2.75, 3.05) is 11.5 Å². The molecular formula is C28H25ClN2O5. The quantitative estimate of drug-likeness (QED) is 0.334. The van der Waals surface area contributed by atoms with Crippen molar-refractivity contribution in [3.63, 3.8) is 0 Å². The van der Waals surface area contributed by atoms with Crippen LogP contribution in [0.25, 0.3) is 6.08 Å². The number of nitrogens with zero attached hydrogens (tertiary/aromatic N) is 1. The summed E-state index contributed by atoms with van der Waals surface area (Å²) in [5, 5.41) is 2.41. The van der Waals surface area contributed by atoms with Gasteiger partial charge in [0.2, 0.25) is 0 Å². The van der Waals surface area contributed by atoms with Crippen LogP contribution in [0.3, 0.4) is 0 Å². The van der Waals surface area contributed by atoms with E-state index in [1.807, 2.05) is 13.0 Å². The van der Waals surface area contributed by atoms with Gasteiger partial charge in [0.1, 0.15) is 12.2 Å². The number of halogens is 1. The van der Waals surface area contributed by atoms with Crippen molar-refractivity contribution < 1.29 is 23.9 Å². The van der Waals surface area contributed by atoms with Gasteiger partial charge < -0.3 is 9.47 Å². The van der Waals surface area contributed by atoms with E-state index in [1.165, 1.54) is 23.3 Å². The highest BCUT2D eigenvalue weighted by Crippen LogP contribution is 2.32. The smallest absolute Gasteiger partial charge is 0.335 e. The molecule has 4 amide bonds. The lowest BCUT2D eigenvalue weighted by molar-refractivity contribution is -0.122. The molecule has 0 spiro atoms. The average molecular weight is 505 g/mol. The molecule has 7 nitrogen and oxygen atoms in total. The minimum absolute atomic E-state index is 0.185. The number of hydrogen-bond donors (Lipinski definition) is 1. The Balaban J connectivity index is 1.61. The molecule has 36 heavy (non-hydrogen) atoms. The maximum absolute atomic E-state index is 13.2. The van der Waals surface area contributed by atoms with E-state index in [2.05, 4.69) is 31.3 Å². The second-order valence-electron chi connectivity index (χ2n) is 8.26. The molecule has 1 saturated heterocycles. The monoisotopic (exact) mass is 504 g/mol. The Morgan fingerprint density at radius 1 is 0.917 bits per heavy atom. The zero-order chi connectivity index (χ0) is 25.8. The van der Waals surface area contributed by atoms with Crippen molar-refractivity contribution >= 4 is 41.2 Å². The van der Waals surface area contributed by atoms with Crippen LogP contribution in [0.2, 0.25) is 5.02 Å². The van der Waals surface area contributed by atoms with Crippen LogP contribution >= 0.6 is 11.6 Å². The fourth-order valence-corrected chi connectivity index (χ4v) is 3.95. The van der Waals surface area contributed by atoms with Gasteiger partial charge in [-0.05, 0) is 73.4 Å². The van der Waals surface area contributed by atoms with E-state index in [1.54, 1.807) is 36.4 Å². The molecule has 1 N–H and O–H groups in total. The number of carbonyl (C=O) groups is 3. The van der Waals surface area contributed by atoms with Crippen molar-refractivity contribution in [2.45, 2.75) is 27.4 Å². The number of para-hydroxylation sites is 1. The second kappa shape index (κ2) is 10.7. The summed E-state index contributed by atoms with van der Waals surface area (Å²) in [6, 6.07) is 16.8. The van der Waals surface area contributed by atoms with Crippen LogP contribution in [0.5, 0.6) is 11.5 Å². The Hall–Kier alpha value is -4.10. The number of anilines is 1. The van der Waals surface area contributed by atoms with E-state index in [0.29, 0.717) is 30.3 Å². The first-order chi connectivity index (χ1) is 17.3. The van der Waals surface area contributed by atoms with Crippen LogP contribution in [-0.4, -0.2) is 24.5 Å². The van der Waals surface area contributed by atoms with Crippen LogP contribution in [0.4, 0.5) is 10.5 Å². The number of benzene rings is 3. The molecule has 184 valence electrons. The number of nitrogens with one attached hydrogen (secondary N) is 1. The number of amides is 4. The Kier molecular flexibility index (Phi) is 7.41. The largest absolute Gasteiger partial charge is 0.490 e. The van der Waals surface area contributed by atoms with Gasteiger partial charge in [0.15, 0.2) is 11.5 Å². The molecule has 3 aromatic carbocycles. The summed E-state index contributed by atoms with van der Waals surface area (Å²) in [7, 11) is 0. The fourth-order valence-electron chi connectivity index (χ4n) is 3.73. The number of imide groups is 2. The molecule has 1 aliphatic rings. The van der Waals surface area contributed by atoms with E-state index in [-0.39, 0.29) is 16.3 Å². The molecule has 1 aliphatic heterocycles. The van der Waals surface area contributed by atoms with Gasteiger partial charge in [-0.25, -0.2) is 9.69 Å². The highest BCUT2D eigenvalue weighted by atomic mass is 35.5. The Morgan fingerprint density at radius 3 is 2.42 bits per heavy atom. The summed E-state index contributed by atoms with van der Waals surface area (Å²) in [5.41, 5.74) is 3.93. The third-order valence-electron chi connectivity index (χ3n) is 5.74. The number of hydrogen-bond acceptors (Lipinski definition) is 5. The number of urea groups is 1. The lowest BCUT2D eigenvalue weighted by Crippen LogP contribution is -2.54. The molecular weight excluding hydrogens is 480 g/mol. The molecule has 0 atom stereocenters. The Labute approximate surface area is 214 Å². The van der Waals surface area contributed by atoms with Crippen LogP contribution in [-0.2, 0) is 16.2 Å². The summed E-state index contributed by atoms with van der Waals surface area (Å²) in [6.07, 6.45) is 1.41. The van der Waals surface area contributed by atoms with Gasteiger partial charge in [0, 0.05) is 0 Å². The minimum atomic E-state index is -0.861. The predicted molar refractivity (Wildman–Crippen MR) is 138 cm³/mol. The van der Waals surface area contributed by atoms with Gasteiger partial charge >= 0.3 is 6.03 Å². The number of ether oxygens (including phenoxy) is 2. The van der Waals surface area contributed by atoms with E-state index in [9.17, 15) is 14.4 Å². The summed E-state index contributed by atoms with van der Waals surface area (Å²) in [4.78, 5) is 39.0. The van der Waals surface area contributed by atoms with Crippen LogP contribution in [0.15, 0.2) is 66.2 Å². The summed E-state index contributed by atoms with van der Waals surface area (Å²) < 4.78 is 11.8. The lowest BCUT2D eigenvalue weighted by atomic mass is 10.1. The summed E-state index contributed by atoms with van der Waals surface area (Å²) in [5.74, 6) is -0.561. The molecule has 0 aliphatic carbocycles. The molecule has 0 saturated carbocycles. The molecule has 4 rings (SSSR count). The van der Waals surface area contributed by atoms with E-state index >= 15 is 0 Å². The van der Waals surface area contributed by atoms with E-state index in [0.717, 1.165) is 10.5 Å². The van der Waals surface area contributed by atoms with Gasteiger partial charge in [0.05, 0.1) is 17.3 Å². The van der Waals surface area contributed by atoms with Gasteiger partial charge in [-0.3, -0.25) is 14.9 Å². The predicted octanol–water partition coefficient (Wildman–Crippen LogP) is 5.60. The van der Waals surface area contributed by atoms with Crippen molar-refractivity contribution in [3.8, 4) is 11.5 Å². The SMILES string of the molecule is CCOc1cc(/C=C2\C(=O)NC(=O)N(c3ccccc3Cl)C2=O)ccc1OCc1ccc(C)c(C)c1. The normalized spacial score (nSPS) is 14.7. The fraction of sp³-hybridized carbons (Fsp3) is 0.179. The highest BCUT2D eigenvalue weighted by Gasteiger charge is 2.37. The van der Waals surface area contributed by atoms with E-state index in [4.69, 9.17) is 21.1 Å². The standard InChI is InChI=1S/C28H25ClN2O5/c1-4-35-25-15-19(11-12-24(25)36-16-20-10-9-17(2)18(3)13-20)14-21-26(32)30-28(34)31(27(21)33)23-8-6-5-7-22(23)29/h5-15H,4,16H2,1-3H3,(H,30,32,34)/b21-14+. The average Bonchev–Trinajstić information content (AvgIpc) is 2.84. The molecule has 0 aromatic heterocycles.